The van der Waals surface area contributed by atoms with Gasteiger partial charge in [0.05, 0.1) is 0 Å². The summed E-state index contributed by atoms with van der Waals surface area (Å²) in [6, 6.07) is 16.3. The summed E-state index contributed by atoms with van der Waals surface area (Å²) in [4.78, 5) is 18.1. The summed E-state index contributed by atoms with van der Waals surface area (Å²) in [5.41, 5.74) is 6.12. The summed E-state index contributed by atoms with van der Waals surface area (Å²) < 4.78 is 1.89. The number of allylic oxidation sites excluding steroid dienone is 2. The van der Waals surface area contributed by atoms with E-state index < -0.39 is 0 Å². The Hall–Kier alpha value is -3.21. The van der Waals surface area contributed by atoms with E-state index >= 15 is 0 Å². The number of carbonyl (C=O) groups is 1. The van der Waals surface area contributed by atoms with Crippen molar-refractivity contribution < 1.29 is 4.79 Å². The highest BCUT2D eigenvalue weighted by Crippen LogP contribution is 2.45. The van der Waals surface area contributed by atoms with Crippen LogP contribution in [0.3, 0.4) is 0 Å². The topological polar surface area (TPSA) is 59.8 Å². The highest BCUT2D eigenvalue weighted by atomic mass is 16.1. The van der Waals surface area contributed by atoms with Crippen LogP contribution >= 0.6 is 0 Å². The molecule has 1 aliphatic carbocycles. The van der Waals surface area contributed by atoms with Crippen LogP contribution in [0.25, 0.3) is 11.4 Å². The van der Waals surface area contributed by atoms with Crippen LogP contribution in [0.1, 0.15) is 49.4 Å². The highest BCUT2D eigenvalue weighted by molar-refractivity contribution is 6.00. The van der Waals surface area contributed by atoms with Crippen LogP contribution < -0.4 is 5.32 Å². The second-order valence-electron chi connectivity index (χ2n) is 9.35. The van der Waals surface area contributed by atoms with E-state index in [-0.39, 0.29) is 17.2 Å². The molecule has 1 atom stereocenters. The number of hydrogen-bond donors (Lipinski definition) is 1. The van der Waals surface area contributed by atoms with Crippen LogP contribution in [0.2, 0.25) is 0 Å². The lowest BCUT2D eigenvalue weighted by molar-refractivity contribution is -0.118. The van der Waals surface area contributed by atoms with E-state index in [0.717, 1.165) is 39.9 Å². The Bertz CT molecular complexity index is 1200. The van der Waals surface area contributed by atoms with E-state index in [1.807, 2.05) is 22.9 Å². The molecule has 1 aromatic heterocycles. The molecule has 0 unspecified atom stereocenters. The summed E-state index contributed by atoms with van der Waals surface area (Å²) in [5.74, 6) is 1.56. The Morgan fingerprint density at radius 2 is 1.77 bits per heavy atom. The van der Waals surface area contributed by atoms with Crippen molar-refractivity contribution in [3.63, 3.8) is 0 Å². The van der Waals surface area contributed by atoms with E-state index in [1.165, 1.54) is 0 Å². The van der Waals surface area contributed by atoms with Gasteiger partial charge in [-0.15, -0.1) is 5.10 Å². The van der Waals surface area contributed by atoms with Gasteiger partial charge in [-0.05, 0) is 37.3 Å². The third-order valence-electron chi connectivity index (χ3n) is 5.97. The number of aryl methyl sites for hydroxylation is 2. The number of nitrogens with one attached hydrogen (secondary N) is 1. The quantitative estimate of drug-likeness (QED) is 0.643. The number of Topliss-reactive ketones (excluding diaryl/α,β-unsaturated/α-hetero) is 1. The van der Waals surface area contributed by atoms with Gasteiger partial charge < -0.3 is 5.32 Å². The van der Waals surface area contributed by atoms with Crippen molar-refractivity contribution in [1.82, 2.24) is 14.8 Å². The van der Waals surface area contributed by atoms with Crippen LogP contribution in [0.15, 0.2) is 59.8 Å². The molecule has 0 fully saturated rings. The average Bonchev–Trinajstić information content (AvgIpc) is 3.09. The number of fused-ring (bicyclic) bond motifs is 1. The summed E-state index contributed by atoms with van der Waals surface area (Å²) in [5, 5.41) is 8.32. The lowest BCUT2D eigenvalue weighted by Gasteiger charge is -2.38. The molecule has 5 heteroatoms. The minimum absolute atomic E-state index is 0.0678. The molecular formula is C25H26N4O. The lowest BCUT2D eigenvalue weighted by atomic mass is 9.73. The van der Waals surface area contributed by atoms with E-state index in [4.69, 9.17) is 10.1 Å². The molecular weight excluding hydrogens is 372 g/mol. The number of rotatable bonds is 2. The highest BCUT2D eigenvalue weighted by Gasteiger charge is 2.41. The number of nitrogens with zero attached hydrogens (tertiary/aromatic N) is 3. The van der Waals surface area contributed by atoms with Gasteiger partial charge in [-0.25, -0.2) is 4.68 Å². The van der Waals surface area contributed by atoms with Crippen molar-refractivity contribution in [3.8, 4) is 11.4 Å². The van der Waals surface area contributed by atoms with Gasteiger partial charge in [-0.2, -0.15) is 4.98 Å². The second kappa shape index (κ2) is 6.66. The largest absolute Gasteiger partial charge is 0.328 e. The predicted octanol–water partition coefficient (Wildman–Crippen LogP) is 5.22. The molecule has 5 rings (SSSR count). The first kappa shape index (κ1) is 18.8. The first-order valence-corrected chi connectivity index (χ1v) is 10.4. The third-order valence-corrected chi connectivity index (χ3v) is 5.97. The number of aromatic nitrogens is 3. The molecule has 2 aliphatic rings. The van der Waals surface area contributed by atoms with Crippen LogP contribution in [0.5, 0.6) is 0 Å². The zero-order valence-electron chi connectivity index (χ0n) is 17.9. The number of ketones is 1. The molecule has 2 aromatic carbocycles. The summed E-state index contributed by atoms with van der Waals surface area (Å²) in [6.07, 6.45) is 1.37. The fourth-order valence-electron chi connectivity index (χ4n) is 4.66. The maximum absolute atomic E-state index is 13.3. The number of hydrogen-bond acceptors (Lipinski definition) is 4. The van der Waals surface area contributed by atoms with Gasteiger partial charge in [0, 0.05) is 23.3 Å². The van der Waals surface area contributed by atoms with E-state index in [1.54, 1.807) is 0 Å². The van der Waals surface area contributed by atoms with Gasteiger partial charge in [0.25, 0.3) is 0 Å². The van der Waals surface area contributed by atoms with Crippen LogP contribution in [-0.4, -0.2) is 20.5 Å². The van der Waals surface area contributed by atoms with E-state index in [0.29, 0.717) is 18.2 Å². The summed E-state index contributed by atoms with van der Waals surface area (Å²) >= 11 is 0. The Morgan fingerprint density at radius 3 is 2.50 bits per heavy atom. The van der Waals surface area contributed by atoms with Gasteiger partial charge in [0.1, 0.15) is 6.04 Å². The molecule has 1 aliphatic heterocycles. The molecule has 0 radical (unpaired) electrons. The SMILES string of the molecule is Cc1cccc(-c2nc3n(n2)[C@H](c2cccc(C)c2)C2=C(CC(C)(C)CC2=O)N3)c1. The van der Waals surface area contributed by atoms with E-state index in [9.17, 15) is 4.79 Å². The fraction of sp³-hybridized carbons (Fsp3) is 0.320. The Balaban J connectivity index is 1.69. The predicted molar refractivity (Wildman–Crippen MR) is 118 cm³/mol. The summed E-state index contributed by atoms with van der Waals surface area (Å²) in [6.45, 7) is 8.44. The molecule has 2 heterocycles. The molecule has 0 bridgehead atoms. The van der Waals surface area contributed by atoms with Crippen molar-refractivity contribution in [1.29, 1.82) is 0 Å². The van der Waals surface area contributed by atoms with Crippen molar-refractivity contribution in [2.75, 3.05) is 5.32 Å². The zero-order chi connectivity index (χ0) is 21.0. The van der Waals surface area contributed by atoms with Gasteiger partial charge in [0.15, 0.2) is 11.6 Å². The van der Waals surface area contributed by atoms with Crippen molar-refractivity contribution in [3.05, 3.63) is 76.5 Å². The number of anilines is 1. The molecule has 152 valence electrons. The maximum Gasteiger partial charge on any atom is 0.226 e. The standard InChI is InChI=1S/C25H26N4O/c1-15-7-5-9-17(11-15)22-21-19(13-25(3,4)14-20(21)30)26-24-27-23(28-29(22)24)18-10-6-8-16(2)12-18/h5-12,22H,13-14H2,1-4H3,(H,26,27,28)/t22-/m1/s1. The molecule has 5 nitrogen and oxygen atoms in total. The minimum atomic E-state index is -0.259. The van der Waals surface area contributed by atoms with Crippen molar-refractivity contribution in [2.45, 2.75) is 46.6 Å². The van der Waals surface area contributed by atoms with Gasteiger partial charge in [-0.1, -0.05) is 67.4 Å². The first-order chi connectivity index (χ1) is 14.3. The number of benzene rings is 2. The molecule has 0 spiro atoms. The smallest absolute Gasteiger partial charge is 0.226 e. The monoisotopic (exact) mass is 398 g/mol. The molecule has 1 N–H and O–H groups in total. The normalized spacial score (nSPS) is 19.9. The first-order valence-electron chi connectivity index (χ1n) is 10.4. The van der Waals surface area contributed by atoms with Gasteiger partial charge >= 0.3 is 0 Å². The van der Waals surface area contributed by atoms with Gasteiger partial charge in [-0.3, -0.25) is 4.79 Å². The third kappa shape index (κ3) is 3.15. The van der Waals surface area contributed by atoms with Crippen molar-refractivity contribution in [2.24, 2.45) is 5.41 Å². The molecule has 3 aromatic rings. The minimum Gasteiger partial charge on any atom is -0.328 e. The molecule has 0 saturated heterocycles. The van der Waals surface area contributed by atoms with E-state index in [2.05, 4.69) is 63.3 Å². The molecule has 30 heavy (non-hydrogen) atoms. The van der Waals surface area contributed by atoms with Crippen LogP contribution in [-0.2, 0) is 4.79 Å². The summed E-state index contributed by atoms with van der Waals surface area (Å²) in [7, 11) is 0. The fourth-order valence-corrected chi connectivity index (χ4v) is 4.66. The molecule has 0 saturated carbocycles. The van der Waals surface area contributed by atoms with Crippen LogP contribution in [0, 0.1) is 19.3 Å². The van der Waals surface area contributed by atoms with Gasteiger partial charge in [0.2, 0.25) is 5.95 Å². The lowest BCUT2D eigenvalue weighted by Crippen LogP contribution is -2.36. The average molecular weight is 399 g/mol. The Labute approximate surface area is 176 Å². The Morgan fingerprint density at radius 1 is 1.03 bits per heavy atom. The Kier molecular flexibility index (Phi) is 4.17. The van der Waals surface area contributed by atoms with Crippen LogP contribution in [0.4, 0.5) is 5.95 Å². The maximum atomic E-state index is 13.3. The zero-order valence-corrected chi connectivity index (χ0v) is 17.9. The molecule has 0 amide bonds. The van der Waals surface area contributed by atoms with Crippen molar-refractivity contribution >= 4 is 11.7 Å². The second-order valence-corrected chi connectivity index (χ2v) is 9.35. The number of carbonyl (C=O) groups excluding carboxylic acids is 1.